The van der Waals surface area contributed by atoms with Crippen LogP contribution in [0.4, 0.5) is 0 Å². The van der Waals surface area contributed by atoms with Crippen LogP contribution in [0.5, 0.6) is 0 Å². The fourth-order valence-electron chi connectivity index (χ4n) is 8.65. The first kappa shape index (κ1) is 26.1. The van der Waals surface area contributed by atoms with Crippen LogP contribution >= 0.6 is 11.6 Å². The molecule has 3 unspecified atom stereocenters. The van der Waals surface area contributed by atoms with Gasteiger partial charge in [-0.05, 0) is 62.0 Å². The van der Waals surface area contributed by atoms with Gasteiger partial charge in [-0.3, -0.25) is 24.0 Å². The van der Waals surface area contributed by atoms with E-state index in [2.05, 4.69) is 6.92 Å². The van der Waals surface area contributed by atoms with Crippen LogP contribution in [-0.2, 0) is 33.4 Å². The average molecular weight is 533 g/mol. The molecule has 5 rings (SSSR count). The molecule has 3 fully saturated rings. The molecule has 0 bridgehead atoms. The zero-order chi connectivity index (χ0) is 27.1. The molecule has 0 aromatic carbocycles. The largest absolute Gasteiger partial charge is 0.481 e. The van der Waals surface area contributed by atoms with Crippen molar-refractivity contribution in [1.82, 2.24) is 0 Å². The number of ketones is 2. The number of hydrogen-bond donors (Lipinski definition) is 1. The number of Topliss-reactive ketones (excluding diaryl/α,β-unsaturated/α-hetero) is 1. The SMILES string of the molecule is CC(=O)O[C@]1(C(C)=O)CCC2C3C=C(Cl)C4=CC(=O)[C@@H]5C[C@@H]5[C@]4(C)C3[C@H](OC(=O)CCC(=O)O)C[C@@]21C. The number of fused-ring (bicyclic) bond motifs is 7. The highest BCUT2D eigenvalue weighted by atomic mass is 35.5. The Hall–Kier alpha value is -2.48. The highest BCUT2D eigenvalue weighted by Gasteiger charge is 2.73. The molecule has 0 aromatic rings. The molecule has 0 saturated heterocycles. The Morgan fingerprint density at radius 1 is 1.14 bits per heavy atom. The van der Waals surface area contributed by atoms with Crippen LogP contribution in [0.1, 0.15) is 66.2 Å². The van der Waals surface area contributed by atoms with Crippen LogP contribution < -0.4 is 0 Å². The summed E-state index contributed by atoms with van der Waals surface area (Å²) in [5.74, 6) is -2.90. The number of rotatable bonds is 6. The average Bonchev–Trinajstić information content (AvgIpc) is 3.55. The van der Waals surface area contributed by atoms with Gasteiger partial charge in [0.1, 0.15) is 6.10 Å². The Morgan fingerprint density at radius 3 is 2.46 bits per heavy atom. The summed E-state index contributed by atoms with van der Waals surface area (Å²) in [5, 5.41) is 9.58. The van der Waals surface area contributed by atoms with Gasteiger partial charge in [0.15, 0.2) is 17.2 Å². The smallest absolute Gasteiger partial charge is 0.306 e. The Balaban J connectivity index is 1.63. The topological polar surface area (TPSA) is 124 Å². The number of allylic oxidation sites excluding steroid dienone is 4. The van der Waals surface area contributed by atoms with Crippen molar-refractivity contribution in [2.45, 2.75) is 77.9 Å². The minimum absolute atomic E-state index is 0.0725. The maximum atomic E-state index is 13.1. The Morgan fingerprint density at radius 2 is 1.84 bits per heavy atom. The van der Waals surface area contributed by atoms with Crippen molar-refractivity contribution in [2.24, 2.45) is 40.4 Å². The van der Waals surface area contributed by atoms with E-state index in [1.165, 1.54) is 13.8 Å². The summed E-state index contributed by atoms with van der Waals surface area (Å²) >= 11 is 6.86. The highest BCUT2D eigenvalue weighted by Crippen LogP contribution is 2.72. The van der Waals surface area contributed by atoms with Gasteiger partial charge in [0.2, 0.25) is 0 Å². The molecule has 8 nitrogen and oxygen atoms in total. The molecule has 1 N–H and O–H groups in total. The van der Waals surface area contributed by atoms with Gasteiger partial charge in [-0.25, -0.2) is 0 Å². The van der Waals surface area contributed by atoms with E-state index in [4.69, 9.17) is 26.2 Å². The second kappa shape index (κ2) is 8.52. The van der Waals surface area contributed by atoms with Crippen molar-refractivity contribution < 1.29 is 38.6 Å². The van der Waals surface area contributed by atoms with E-state index in [9.17, 15) is 24.0 Å². The summed E-state index contributed by atoms with van der Waals surface area (Å²) in [6, 6.07) is 0. The van der Waals surface area contributed by atoms with Crippen molar-refractivity contribution >= 4 is 41.1 Å². The molecular formula is C28H33ClO8. The molecule has 0 aromatic heterocycles. The minimum Gasteiger partial charge on any atom is -0.481 e. The zero-order valence-corrected chi connectivity index (χ0v) is 22.3. The lowest BCUT2D eigenvalue weighted by Gasteiger charge is -2.60. The fraction of sp³-hybridized carbons (Fsp3) is 0.679. The quantitative estimate of drug-likeness (QED) is 0.509. The summed E-state index contributed by atoms with van der Waals surface area (Å²) in [6.45, 7) is 6.76. The maximum absolute atomic E-state index is 13.1. The number of carbonyl (C=O) groups is 5. The van der Waals surface area contributed by atoms with Crippen LogP contribution in [0, 0.1) is 40.4 Å². The molecule has 0 heterocycles. The van der Waals surface area contributed by atoms with Gasteiger partial charge in [0, 0.05) is 34.6 Å². The van der Waals surface area contributed by atoms with Crippen LogP contribution in [0.3, 0.4) is 0 Å². The molecule has 200 valence electrons. The lowest BCUT2D eigenvalue weighted by atomic mass is 9.46. The van der Waals surface area contributed by atoms with E-state index in [1.807, 2.05) is 13.0 Å². The molecule has 9 heteroatoms. The number of hydrogen-bond acceptors (Lipinski definition) is 7. The van der Waals surface area contributed by atoms with E-state index >= 15 is 0 Å². The second-order valence-electron chi connectivity index (χ2n) is 12.0. The summed E-state index contributed by atoms with van der Waals surface area (Å²) in [7, 11) is 0. The van der Waals surface area contributed by atoms with Gasteiger partial charge in [-0.2, -0.15) is 0 Å². The van der Waals surface area contributed by atoms with E-state index < -0.39 is 40.4 Å². The third kappa shape index (κ3) is 3.65. The minimum atomic E-state index is -1.36. The predicted octanol–water partition coefficient (Wildman–Crippen LogP) is 3.99. The van der Waals surface area contributed by atoms with Gasteiger partial charge in [-0.15, -0.1) is 0 Å². The van der Waals surface area contributed by atoms with E-state index in [-0.39, 0.29) is 60.4 Å². The first-order chi connectivity index (χ1) is 17.3. The summed E-state index contributed by atoms with van der Waals surface area (Å²) in [6.07, 6.45) is 4.31. The van der Waals surface area contributed by atoms with Crippen LogP contribution in [-0.4, -0.2) is 46.3 Å². The molecule has 0 radical (unpaired) electrons. The molecule has 0 spiro atoms. The molecule has 37 heavy (non-hydrogen) atoms. The molecular weight excluding hydrogens is 500 g/mol. The first-order valence-electron chi connectivity index (χ1n) is 13.0. The molecule has 0 amide bonds. The van der Waals surface area contributed by atoms with Gasteiger partial charge < -0.3 is 14.6 Å². The highest BCUT2D eigenvalue weighted by molar-refractivity contribution is 6.32. The Labute approximate surface area is 220 Å². The summed E-state index contributed by atoms with van der Waals surface area (Å²) in [5.41, 5.74) is -1.94. The number of carbonyl (C=O) groups excluding carboxylic acids is 4. The van der Waals surface area contributed by atoms with Gasteiger partial charge in [-0.1, -0.05) is 31.5 Å². The van der Waals surface area contributed by atoms with E-state index in [0.717, 1.165) is 12.0 Å². The Bertz CT molecular complexity index is 1170. The number of carboxylic acid groups (broad SMARTS) is 1. The third-order valence-electron chi connectivity index (χ3n) is 10.2. The number of carboxylic acids is 1. The lowest BCUT2D eigenvalue weighted by Crippen LogP contribution is -2.63. The predicted molar refractivity (Wildman–Crippen MR) is 131 cm³/mol. The van der Waals surface area contributed by atoms with Crippen LogP contribution in [0.2, 0.25) is 0 Å². The molecule has 9 atom stereocenters. The first-order valence-corrected chi connectivity index (χ1v) is 13.4. The summed E-state index contributed by atoms with van der Waals surface area (Å²) < 4.78 is 11.9. The maximum Gasteiger partial charge on any atom is 0.306 e. The number of halogens is 1. The van der Waals surface area contributed by atoms with Crippen molar-refractivity contribution in [2.75, 3.05) is 0 Å². The van der Waals surface area contributed by atoms with Crippen LogP contribution in [0.15, 0.2) is 22.8 Å². The summed E-state index contributed by atoms with van der Waals surface area (Å²) in [4.78, 5) is 62.0. The van der Waals surface area contributed by atoms with E-state index in [0.29, 0.717) is 17.9 Å². The standard InChI is InChI=1S/C28H33ClO8/c1-13(30)28(37-14(2)31)8-7-17-16-10-20(29)19-11-21(32)15-9-18(15)27(19,4)25(16)22(12-26(17,28)3)36-24(35)6-5-23(33)34/h10-11,15-18,22,25H,5-9,12H2,1-4H3,(H,33,34)/t15-,16?,17?,18+,22-,25?,26+,27+,28+/m1/s1. The second-order valence-corrected chi connectivity index (χ2v) is 12.4. The number of esters is 2. The zero-order valence-electron chi connectivity index (χ0n) is 21.5. The van der Waals surface area contributed by atoms with Crippen molar-refractivity contribution in [3.8, 4) is 0 Å². The van der Waals surface area contributed by atoms with Crippen molar-refractivity contribution in [1.29, 1.82) is 0 Å². The van der Waals surface area contributed by atoms with Crippen molar-refractivity contribution in [3.05, 3.63) is 22.8 Å². The number of aliphatic carboxylic acids is 1. The third-order valence-corrected chi connectivity index (χ3v) is 10.6. The lowest BCUT2D eigenvalue weighted by molar-refractivity contribution is -0.201. The van der Waals surface area contributed by atoms with Gasteiger partial charge >= 0.3 is 17.9 Å². The van der Waals surface area contributed by atoms with Crippen molar-refractivity contribution in [3.63, 3.8) is 0 Å². The molecule has 5 aliphatic carbocycles. The number of ether oxygens (including phenoxy) is 2. The Kier molecular flexibility index (Phi) is 6.02. The van der Waals surface area contributed by atoms with Crippen LogP contribution in [0.25, 0.3) is 0 Å². The monoisotopic (exact) mass is 532 g/mol. The normalized spacial score (nSPS) is 43.2. The molecule has 3 saturated carbocycles. The van der Waals surface area contributed by atoms with Gasteiger partial charge in [0.25, 0.3) is 0 Å². The molecule has 5 aliphatic rings. The fourth-order valence-corrected chi connectivity index (χ4v) is 9.05. The molecule has 0 aliphatic heterocycles. The van der Waals surface area contributed by atoms with E-state index in [1.54, 1.807) is 6.08 Å². The van der Waals surface area contributed by atoms with Gasteiger partial charge in [0.05, 0.1) is 12.8 Å².